The highest BCUT2D eigenvalue weighted by atomic mass is 35.5. The first-order valence-corrected chi connectivity index (χ1v) is 3.66. The molecule has 0 saturated carbocycles. The third-order valence-corrected chi connectivity index (χ3v) is 1.62. The molecule has 13 heavy (non-hydrogen) atoms. The Morgan fingerprint density at radius 2 is 2.31 bits per heavy atom. The Labute approximate surface area is 79.4 Å². The summed E-state index contributed by atoms with van der Waals surface area (Å²) in [5.74, 6) is 0. The van der Waals surface area contributed by atoms with Gasteiger partial charge in [0.15, 0.2) is 0 Å². The molecular weight excluding hydrogens is 196 g/mol. The molecule has 0 radical (unpaired) electrons. The van der Waals surface area contributed by atoms with Crippen LogP contribution >= 0.6 is 11.9 Å². The first-order chi connectivity index (χ1) is 6.15. The van der Waals surface area contributed by atoms with Crippen LogP contribution in [0.25, 0.3) is 0 Å². The lowest BCUT2D eigenvalue weighted by Crippen LogP contribution is -2.30. The minimum Gasteiger partial charge on any atom is -0.422 e. The van der Waals surface area contributed by atoms with E-state index in [0.717, 1.165) is 0 Å². The van der Waals surface area contributed by atoms with E-state index < -0.39 is 12.0 Å². The number of nitro benzene ring substituents is 1. The van der Waals surface area contributed by atoms with Crippen LogP contribution in [0.2, 0.25) is 0 Å². The van der Waals surface area contributed by atoms with Gasteiger partial charge in [0.05, 0.1) is 4.92 Å². The summed E-state index contributed by atoms with van der Waals surface area (Å²) in [6.45, 7) is 0. The van der Waals surface area contributed by atoms with Crippen molar-refractivity contribution in [2.75, 3.05) is 0 Å². The lowest BCUT2D eigenvalue weighted by Gasteiger charge is -2.00. The van der Waals surface area contributed by atoms with Gasteiger partial charge in [-0.2, -0.15) is 0 Å². The van der Waals surface area contributed by atoms with Gasteiger partial charge in [0.25, 0.3) is 5.69 Å². The molecular formula is C6H5BClNO4. The number of rotatable bonds is 3. The predicted octanol–water partition coefficient (Wildman–Crippen LogP) is 0.453. The molecule has 0 bridgehead atoms. The van der Waals surface area contributed by atoms with Crippen LogP contribution in [-0.2, 0) is 4.21 Å². The Balaban J connectivity index is 2.98. The summed E-state index contributed by atoms with van der Waals surface area (Å²) in [5.41, 5.74) is 0.120. The summed E-state index contributed by atoms with van der Waals surface area (Å²) < 4.78 is 4.08. The van der Waals surface area contributed by atoms with Gasteiger partial charge in [-0.05, 0) is 5.46 Å². The minimum absolute atomic E-state index is 0.120. The fourth-order valence-corrected chi connectivity index (χ4v) is 0.946. The van der Waals surface area contributed by atoms with E-state index in [-0.39, 0.29) is 11.2 Å². The SMILES string of the molecule is O=[N+]([O-])c1cccc(B(O)OCl)c1. The van der Waals surface area contributed by atoms with Gasteiger partial charge in [-0.1, -0.05) is 12.1 Å². The van der Waals surface area contributed by atoms with Crippen molar-refractivity contribution in [1.82, 2.24) is 0 Å². The second-order valence-corrected chi connectivity index (χ2v) is 2.47. The number of hydrogen-bond donors (Lipinski definition) is 1. The zero-order valence-electron chi connectivity index (χ0n) is 6.38. The number of non-ortho nitro benzene ring substituents is 1. The average molecular weight is 201 g/mol. The highest BCUT2D eigenvalue weighted by Gasteiger charge is 2.18. The van der Waals surface area contributed by atoms with Crippen molar-refractivity contribution in [1.29, 1.82) is 0 Å². The maximum atomic E-state index is 10.3. The molecule has 0 spiro atoms. The Hall–Kier alpha value is -1.11. The zero-order valence-corrected chi connectivity index (χ0v) is 7.14. The van der Waals surface area contributed by atoms with Crippen molar-refractivity contribution in [3.63, 3.8) is 0 Å². The van der Waals surface area contributed by atoms with Gasteiger partial charge in [0, 0.05) is 24.0 Å². The van der Waals surface area contributed by atoms with Crippen LogP contribution in [0, 0.1) is 10.1 Å². The molecule has 1 rings (SSSR count). The van der Waals surface area contributed by atoms with Crippen molar-refractivity contribution in [3.8, 4) is 0 Å². The Morgan fingerprint density at radius 3 is 2.85 bits per heavy atom. The summed E-state index contributed by atoms with van der Waals surface area (Å²) >= 11 is 4.90. The van der Waals surface area contributed by atoms with E-state index in [1.54, 1.807) is 0 Å². The van der Waals surface area contributed by atoms with E-state index >= 15 is 0 Å². The molecule has 0 heterocycles. The molecule has 1 N–H and O–H groups in total. The highest BCUT2D eigenvalue weighted by molar-refractivity contribution is 6.63. The summed E-state index contributed by atoms with van der Waals surface area (Å²) in [6.07, 6.45) is 0. The smallest absolute Gasteiger partial charge is 0.422 e. The Bertz CT molecular complexity index is 321. The number of halogens is 1. The largest absolute Gasteiger partial charge is 0.508 e. The molecule has 68 valence electrons. The molecule has 0 aromatic heterocycles. The van der Waals surface area contributed by atoms with Crippen LogP contribution in [-0.4, -0.2) is 17.1 Å². The van der Waals surface area contributed by atoms with Crippen LogP contribution in [0.3, 0.4) is 0 Å². The van der Waals surface area contributed by atoms with Gasteiger partial charge in [0.2, 0.25) is 0 Å². The van der Waals surface area contributed by atoms with Crippen LogP contribution in [0.5, 0.6) is 0 Å². The van der Waals surface area contributed by atoms with E-state index in [2.05, 4.69) is 4.21 Å². The fraction of sp³-hybridized carbons (Fsp3) is 0. The number of nitro groups is 1. The molecule has 0 aliphatic heterocycles. The molecule has 0 amide bonds. The van der Waals surface area contributed by atoms with Crippen LogP contribution in [0.15, 0.2) is 24.3 Å². The summed E-state index contributed by atoms with van der Waals surface area (Å²) in [6, 6.07) is 5.41. The average Bonchev–Trinajstić information content (AvgIpc) is 2.17. The van der Waals surface area contributed by atoms with Crippen molar-refractivity contribution in [2.24, 2.45) is 0 Å². The molecule has 0 fully saturated rings. The van der Waals surface area contributed by atoms with Gasteiger partial charge in [-0.15, -0.1) is 0 Å². The van der Waals surface area contributed by atoms with Gasteiger partial charge >= 0.3 is 7.12 Å². The normalized spacial score (nSPS) is 9.69. The highest BCUT2D eigenvalue weighted by Crippen LogP contribution is 2.07. The lowest BCUT2D eigenvalue weighted by atomic mass is 9.80. The summed E-state index contributed by atoms with van der Waals surface area (Å²) in [7, 11) is -1.35. The molecule has 0 unspecified atom stereocenters. The third kappa shape index (κ3) is 2.41. The van der Waals surface area contributed by atoms with Crippen molar-refractivity contribution in [3.05, 3.63) is 34.4 Å². The van der Waals surface area contributed by atoms with E-state index in [4.69, 9.17) is 16.9 Å². The molecule has 0 atom stereocenters. The molecule has 1 aromatic rings. The lowest BCUT2D eigenvalue weighted by molar-refractivity contribution is -0.384. The molecule has 5 nitrogen and oxygen atoms in total. The molecule has 0 saturated heterocycles. The summed E-state index contributed by atoms with van der Waals surface area (Å²) in [4.78, 5) is 9.75. The van der Waals surface area contributed by atoms with E-state index in [1.165, 1.54) is 24.3 Å². The molecule has 0 aliphatic carbocycles. The number of nitrogens with zero attached hydrogens (tertiary/aromatic N) is 1. The predicted molar refractivity (Wildman–Crippen MR) is 47.6 cm³/mol. The Kier molecular flexibility index (Phi) is 3.24. The maximum absolute atomic E-state index is 10.3. The first kappa shape index (κ1) is 9.98. The number of benzene rings is 1. The second-order valence-electron chi connectivity index (χ2n) is 2.29. The van der Waals surface area contributed by atoms with Gasteiger partial charge in [-0.3, -0.25) is 10.1 Å². The Morgan fingerprint density at radius 1 is 1.62 bits per heavy atom. The molecule has 1 aromatic carbocycles. The van der Waals surface area contributed by atoms with Gasteiger partial charge < -0.3 is 9.23 Å². The van der Waals surface area contributed by atoms with Gasteiger partial charge in [-0.25, -0.2) is 0 Å². The monoisotopic (exact) mass is 201 g/mol. The zero-order chi connectivity index (χ0) is 9.84. The number of hydrogen-bond acceptors (Lipinski definition) is 4. The van der Waals surface area contributed by atoms with Crippen molar-refractivity contribution >= 4 is 30.1 Å². The maximum Gasteiger partial charge on any atom is 0.508 e. The third-order valence-electron chi connectivity index (χ3n) is 1.45. The fourth-order valence-electron chi connectivity index (χ4n) is 0.843. The van der Waals surface area contributed by atoms with E-state index in [9.17, 15) is 10.1 Å². The van der Waals surface area contributed by atoms with Crippen molar-refractivity contribution < 1.29 is 14.2 Å². The van der Waals surface area contributed by atoms with Crippen LogP contribution in [0.4, 0.5) is 5.69 Å². The minimum atomic E-state index is -1.35. The van der Waals surface area contributed by atoms with Gasteiger partial charge in [0.1, 0.15) is 0 Å². The van der Waals surface area contributed by atoms with Crippen LogP contribution in [0.1, 0.15) is 0 Å². The first-order valence-electron chi connectivity index (χ1n) is 3.35. The van der Waals surface area contributed by atoms with E-state index in [0.29, 0.717) is 0 Å². The van der Waals surface area contributed by atoms with Crippen LogP contribution < -0.4 is 5.46 Å². The topological polar surface area (TPSA) is 72.6 Å². The quantitative estimate of drug-likeness (QED) is 0.438. The molecule has 0 aliphatic rings. The molecule has 7 heteroatoms. The summed E-state index contributed by atoms with van der Waals surface area (Å²) in [5, 5.41) is 19.4. The van der Waals surface area contributed by atoms with E-state index in [1.807, 2.05) is 0 Å². The second kappa shape index (κ2) is 4.22. The standard InChI is InChI=1S/C6H5BClNO4/c8-13-7(10)5-2-1-3-6(4-5)9(11)12/h1-4,10H. The van der Waals surface area contributed by atoms with Crippen molar-refractivity contribution in [2.45, 2.75) is 0 Å².